The fourth-order valence-electron chi connectivity index (χ4n) is 2.78. The predicted molar refractivity (Wildman–Crippen MR) is 114 cm³/mol. The molecule has 0 aliphatic heterocycles. The normalized spacial score (nSPS) is 13.1. The third-order valence-electron chi connectivity index (χ3n) is 4.22. The maximum atomic E-state index is 12.4. The highest BCUT2D eigenvalue weighted by atomic mass is 16.6. The third-order valence-corrected chi connectivity index (χ3v) is 4.22. The summed E-state index contributed by atoms with van der Waals surface area (Å²) in [6, 6.07) is 15.2. The summed E-state index contributed by atoms with van der Waals surface area (Å²) in [7, 11) is 0. The van der Waals surface area contributed by atoms with Gasteiger partial charge in [-0.2, -0.15) is 0 Å². The minimum absolute atomic E-state index is 0.0967. The SMILES string of the molecule is Cc1ccc([C@@H](NC(=O)OC(C)(C)C)[C@H](CO)NC(=O)OCc2ccccc2)cc1. The van der Waals surface area contributed by atoms with Crippen molar-refractivity contribution in [3.63, 3.8) is 0 Å². The van der Waals surface area contributed by atoms with E-state index in [9.17, 15) is 14.7 Å². The Bertz CT molecular complexity index is 816. The molecule has 7 nitrogen and oxygen atoms in total. The van der Waals surface area contributed by atoms with Crippen molar-refractivity contribution in [2.45, 2.75) is 52.0 Å². The van der Waals surface area contributed by atoms with E-state index in [0.29, 0.717) is 5.56 Å². The first-order valence-electron chi connectivity index (χ1n) is 9.82. The topological polar surface area (TPSA) is 96.9 Å². The van der Waals surface area contributed by atoms with Crippen molar-refractivity contribution in [3.05, 3.63) is 71.3 Å². The van der Waals surface area contributed by atoms with Crippen LogP contribution in [0.1, 0.15) is 43.5 Å². The Morgan fingerprint density at radius 2 is 1.60 bits per heavy atom. The number of hydrogen-bond acceptors (Lipinski definition) is 5. The van der Waals surface area contributed by atoms with Gasteiger partial charge in [-0.1, -0.05) is 60.2 Å². The highest BCUT2D eigenvalue weighted by Crippen LogP contribution is 2.19. The second kappa shape index (κ2) is 10.6. The van der Waals surface area contributed by atoms with Crippen molar-refractivity contribution in [1.29, 1.82) is 0 Å². The molecule has 0 spiro atoms. The van der Waals surface area contributed by atoms with Crippen molar-refractivity contribution >= 4 is 12.2 Å². The van der Waals surface area contributed by atoms with Gasteiger partial charge in [-0.05, 0) is 38.8 Å². The van der Waals surface area contributed by atoms with Gasteiger partial charge in [0, 0.05) is 0 Å². The number of alkyl carbamates (subject to hydrolysis) is 2. The highest BCUT2D eigenvalue weighted by molar-refractivity contribution is 5.70. The summed E-state index contributed by atoms with van der Waals surface area (Å²) in [6.45, 7) is 6.92. The fourth-order valence-corrected chi connectivity index (χ4v) is 2.78. The van der Waals surface area contributed by atoms with Crippen LogP contribution in [0.3, 0.4) is 0 Å². The summed E-state index contributed by atoms with van der Waals surface area (Å²) in [6.07, 6.45) is -1.34. The van der Waals surface area contributed by atoms with E-state index in [1.165, 1.54) is 0 Å². The molecule has 0 unspecified atom stereocenters. The van der Waals surface area contributed by atoms with Crippen LogP contribution in [0.2, 0.25) is 0 Å². The van der Waals surface area contributed by atoms with Crippen molar-refractivity contribution in [3.8, 4) is 0 Å². The molecule has 2 aromatic carbocycles. The van der Waals surface area contributed by atoms with Gasteiger partial charge < -0.3 is 25.2 Å². The number of aliphatic hydroxyl groups is 1. The molecule has 0 aliphatic rings. The molecule has 7 heteroatoms. The standard InChI is InChI=1S/C23H30N2O5/c1-16-10-12-18(13-11-16)20(25-22(28)30-23(2,3)4)19(14-26)24-21(27)29-15-17-8-6-5-7-9-17/h5-13,19-20,26H,14-15H2,1-4H3,(H,24,27)(H,25,28)/t19-,20+/m0/s1. The number of rotatable bonds is 7. The summed E-state index contributed by atoms with van der Waals surface area (Å²) >= 11 is 0. The van der Waals surface area contributed by atoms with E-state index in [1.54, 1.807) is 20.8 Å². The Hall–Kier alpha value is -3.06. The molecule has 0 fully saturated rings. The lowest BCUT2D eigenvalue weighted by molar-refractivity contribution is 0.0476. The molecular weight excluding hydrogens is 384 g/mol. The van der Waals surface area contributed by atoms with Crippen LogP contribution in [0.4, 0.5) is 9.59 Å². The molecule has 0 aliphatic carbocycles. The van der Waals surface area contributed by atoms with Crippen LogP contribution in [-0.2, 0) is 16.1 Å². The van der Waals surface area contributed by atoms with E-state index < -0.39 is 36.5 Å². The summed E-state index contributed by atoms with van der Waals surface area (Å²) in [5, 5.41) is 15.3. The Balaban J connectivity index is 2.11. The number of amides is 2. The largest absolute Gasteiger partial charge is 0.445 e. The monoisotopic (exact) mass is 414 g/mol. The van der Waals surface area contributed by atoms with Gasteiger partial charge in [0.1, 0.15) is 12.2 Å². The van der Waals surface area contributed by atoms with E-state index in [2.05, 4.69) is 10.6 Å². The minimum Gasteiger partial charge on any atom is -0.445 e. The van der Waals surface area contributed by atoms with Crippen LogP contribution >= 0.6 is 0 Å². The van der Waals surface area contributed by atoms with Crippen LogP contribution < -0.4 is 10.6 Å². The average Bonchev–Trinajstić information content (AvgIpc) is 2.69. The van der Waals surface area contributed by atoms with Crippen LogP contribution in [0, 0.1) is 6.92 Å². The van der Waals surface area contributed by atoms with Crippen LogP contribution in [0.5, 0.6) is 0 Å². The van der Waals surface area contributed by atoms with Crippen LogP contribution in [0.25, 0.3) is 0 Å². The third kappa shape index (κ3) is 7.75. The van der Waals surface area contributed by atoms with Gasteiger partial charge in [-0.15, -0.1) is 0 Å². The molecule has 3 N–H and O–H groups in total. The van der Waals surface area contributed by atoms with E-state index in [1.807, 2.05) is 61.5 Å². The molecule has 2 amide bonds. The molecule has 0 saturated carbocycles. The van der Waals surface area contributed by atoms with Crippen molar-refractivity contribution in [1.82, 2.24) is 10.6 Å². The maximum Gasteiger partial charge on any atom is 0.408 e. The molecule has 2 aromatic rings. The van der Waals surface area contributed by atoms with Crippen LogP contribution in [0.15, 0.2) is 54.6 Å². The molecule has 2 rings (SSSR count). The molecule has 0 radical (unpaired) electrons. The maximum absolute atomic E-state index is 12.4. The molecule has 0 heterocycles. The number of carbonyl (C=O) groups excluding carboxylic acids is 2. The minimum atomic E-state index is -0.816. The average molecular weight is 415 g/mol. The predicted octanol–water partition coefficient (Wildman–Crippen LogP) is 3.85. The molecule has 0 aromatic heterocycles. The van der Waals surface area contributed by atoms with Gasteiger partial charge in [-0.25, -0.2) is 9.59 Å². The van der Waals surface area contributed by atoms with Gasteiger partial charge >= 0.3 is 12.2 Å². The van der Waals surface area contributed by atoms with Gasteiger partial charge in [0.15, 0.2) is 0 Å². The summed E-state index contributed by atoms with van der Waals surface area (Å²) in [4.78, 5) is 24.7. The number of aliphatic hydroxyl groups excluding tert-OH is 1. The molecule has 0 bridgehead atoms. The Kier molecular flexibility index (Phi) is 8.24. The van der Waals surface area contributed by atoms with Crippen LogP contribution in [-0.4, -0.2) is 35.5 Å². The smallest absolute Gasteiger partial charge is 0.408 e. The number of carbonyl (C=O) groups is 2. The second-order valence-electron chi connectivity index (χ2n) is 8.03. The first-order valence-corrected chi connectivity index (χ1v) is 9.82. The van der Waals surface area contributed by atoms with E-state index >= 15 is 0 Å². The molecule has 162 valence electrons. The van der Waals surface area contributed by atoms with Gasteiger partial charge in [0.25, 0.3) is 0 Å². The zero-order chi connectivity index (χ0) is 22.1. The lowest BCUT2D eigenvalue weighted by Crippen LogP contribution is -2.49. The molecule has 2 atom stereocenters. The molecule has 30 heavy (non-hydrogen) atoms. The van der Waals surface area contributed by atoms with Gasteiger partial charge in [-0.3, -0.25) is 0 Å². The summed E-state index contributed by atoms with van der Waals surface area (Å²) < 4.78 is 10.6. The lowest BCUT2D eigenvalue weighted by Gasteiger charge is -2.29. The Morgan fingerprint density at radius 1 is 0.967 bits per heavy atom. The molecule has 0 saturated heterocycles. The summed E-state index contributed by atoms with van der Waals surface area (Å²) in [5.41, 5.74) is 1.92. The number of hydrogen-bond donors (Lipinski definition) is 3. The zero-order valence-electron chi connectivity index (χ0n) is 17.8. The van der Waals surface area contributed by atoms with Gasteiger partial charge in [0.2, 0.25) is 0 Å². The Labute approximate surface area is 177 Å². The Morgan fingerprint density at radius 3 is 2.17 bits per heavy atom. The first-order chi connectivity index (χ1) is 14.2. The van der Waals surface area contributed by atoms with Crippen molar-refractivity contribution in [2.24, 2.45) is 0 Å². The summed E-state index contributed by atoms with van der Waals surface area (Å²) in [5.74, 6) is 0. The highest BCUT2D eigenvalue weighted by Gasteiger charge is 2.28. The number of aryl methyl sites for hydroxylation is 1. The van der Waals surface area contributed by atoms with Gasteiger partial charge in [0.05, 0.1) is 18.7 Å². The quantitative estimate of drug-likeness (QED) is 0.639. The number of benzene rings is 2. The second-order valence-corrected chi connectivity index (χ2v) is 8.03. The zero-order valence-corrected chi connectivity index (χ0v) is 17.8. The fraction of sp³-hybridized carbons (Fsp3) is 0.391. The van der Waals surface area contributed by atoms with E-state index in [-0.39, 0.29) is 6.61 Å². The number of nitrogens with one attached hydrogen (secondary N) is 2. The van der Waals surface area contributed by atoms with E-state index in [4.69, 9.17) is 9.47 Å². The van der Waals surface area contributed by atoms with Crippen molar-refractivity contribution in [2.75, 3.05) is 6.61 Å². The lowest BCUT2D eigenvalue weighted by atomic mass is 9.99. The molecular formula is C23H30N2O5. The number of ether oxygens (including phenoxy) is 2. The first kappa shape index (κ1) is 23.2. The van der Waals surface area contributed by atoms with Crippen molar-refractivity contribution < 1.29 is 24.2 Å². The van der Waals surface area contributed by atoms with E-state index in [0.717, 1.165) is 11.1 Å².